The highest BCUT2D eigenvalue weighted by molar-refractivity contribution is 5.43. The molecule has 0 aromatic heterocycles. The third kappa shape index (κ3) is 21.4. The molecule has 0 aliphatic rings. The van der Waals surface area contributed by atoms with Gasteiger partial charge in [-0.3, -0.25) is 0 Å². The summed E-state index contributed by atoms with van der Waals surface area (Å²) in [4.78, 5) is 0. The summed E-state index contributed by atoms with van der Waals surface area (Å²) in [6.07, 6.45) is 0.169. The molecule has 4 N–H and O–H groups in total. The molecule has 0 fully saturated rings. The Morgan fingerprint density at radius 2 is 0.800 bits per heavy atom. The van der Waals surface area contributed by atoms with Gasteiger partial charge in [0.25, 0.3) is 0 Å². The van der Waals surface area contributed by atoms with Crippen molar-refractivity contribution in [2.45, 2.75) is 74.0 Å². The molecule has 6 nitrogen and oxygen atoms in total. The van der Waals surface area contributed by atoms with Crippen molar-refractivity contribution in [3.05, 3.63) is 120 Å². The van der Waals surface area contributed by atoms with Crippen LogP contribution in [0.3, 0.4) is 0 Å². The van der Waals surface area contributed by atoms with Crippen molar-refractivity contribution in [1.29, 1.82) is 0 Å². The molecule has 2 unspecified atom stereocenters. The summed E-state index contributed by atoms with van der Waals surface area (Å²) in [5, 5.41) is 26.0. The van der Waals surface area contributed by atoms with Crippen molar-refractivity contribution in [1.82, 2.24) is 0 Å². The van der Waals surface area contributed by atoms with Crippen LogP contribution in [-0.2, 0) is 0 Å². The van der Waals surface area contributed by atoms with E-state index in [-0.39, 0.29) is 13.2 Å². The highest BCUT2D eigenvalue weighted by Crippen LogP contribution is 2.13. The maximum atomic E-state index is 9.84. The van der Waals surface area contributed by atoms with E-state index in [0.29, 0.717) is 13.1 Å². The molecule has 0 spiro atoms. The van der Waals surface area contributed by atoms with Gasteiger partial charge in [-0.05, 0) is 62.4 Å². The van der Waals surface area contributed by atoms with Gasteiger partial charge in [0, 0.05) is 24.5 Å². The fourth-order valence-corrected chi connectivity index (χ4v) is 3.36. The second-order valence-electron chi connectivity index (χ2n) is 9.76. The molecular formula is C39H58N2O4. The van der Waals surface area contributed by atoms with E-state index in [1.807, 2.05) is 151 Å². The van der Waals surface area contributed by atoms with E-state index in [4.69, 9.17) is 9.47 Å². The Balaban J connectivity index is 0.000000718. The number of aliphatic hydroxyl groups excluding tert-OH is 2. The number of aryl methyl sites for hydroxylation is 2. The van der Waals surface area contributed by atoms with Gasteiger partial charge in [0.2, 0.25) is 0 Å². The number of nitrogens with one attached hydrogen (secondary N) is 2. The lowest BCUT2D eigenvalue weighted by molar-refractivity contribution is 0.117. The minimum atomic E-state index is -0.540. The van der Waals surface area contributed by atoms with Crippen LogP contribution in [0.2, 0.25) is 0 Å². The summed E-state index contributed by atoms with van der Waals surface area (Å²) in [7, 11) is 0. The number of aliphatic hydroxyl groups is 2. The highest BCUT2D eigenvalue weighted by atomic mass is 16.5. The first-order valence-corrected chi connectivity index (χ1v) is 16.2. The molecule has 4 aromatic carbocycles. The largest absolute Gasteiger partial charge is 0.491 e. The summed E-state index contributed by atoms with van der Waals surface area (Å²) in [6, 6.07) is 35.2. The number of para-hydroxylation sites is 2. The zero-order valence-corrected chi connectivity index (χ0v) is 28.8. The van der Waals surface area contributed by atoms with Gasteiger partial charge in [0.15, 0.2) is 0 Å². The fourth-order valence-electron chi connectivity index (χ4n) is 3.36. The van der Waals surface area contributed by atoms with Crippen LogP contribution in [0.5, 0.6) is 11.5 Å². The number of anilines is 2. The quantitative estimate of drug-likeness (QED) is 0.127. The van der Waals surface area contributed by atoms with Crippen LogP contribution in [0.25, 0.3) is 0 Å². The standard InChI is InChI=1S/2C16H19NO2.C3H8.2C2H6/c2*1-13-7-9-16(10-8-13)19-12-15(18)11-17-14-5-3-2-4-6-14;1-3-2;2*1-2/h2*2-10,15,17-18H,11-12H2,1H3;3H2,1-2H3;2*1-2H3. The second kappa shape index (κ2) is 27.5. The number of hydrogen-bond acceptors (Lipinski definition) is 6. The summed E-state index contributed by atoms with van der Waals surface area (Å²) >= 11 is 0. The lowest BCUT2D eigenvalue weighted by atomic mass is 10.2. The normalized spacial score (nSPS) is 10.7. The van der Waals surface area contributed by atoms with Crippen molar-refractivity contribution in [2.24, 2.45) is 0 Å². The van der Waals surface area contributed by atoms with E-state index in [1.165, 1.54) is 17.5 Å². The van der Waals surface area contributed by atoms with Crippen molar-refractivity contribution in [3.63, 3.8) is 0 Å². The van der Waals surface area contributed by atoms with Gasteiger partial charge in [-0.2, -0.15) is 0 Å². The van der Waals surface area contributed by atoms with Crippen molar-refractivity contribution < 1.29 is 19.7 Å². The van der Waals surface area contributed by atoms with Gasteiger partial charge in [-0.25, -0.2) is 0 Å². The minimum Gasteiger partial charge on any atom is -0.491 e. The molecule has 4 aromatic rings. The van der Waals surface area contributed by atoms with Gasteiger partial charge in [-0.15, -0.1) is 0 Å². The Hall–Kier alpha value is -4.00. The van der Waals surface area contributed by atoms with Crippen molar-refractivity contribution in [2.75, 3.05) is 36.9 Å². The van der Waals surface area contributed by atoms with E-state index < -0.39 is 12.2 Å². The lowest BCUT2D eigenvalue weighted by Crippen LogP contribution is -2.26. The summed E-state index contributed by atoms with van der Waals surface area (Å²) in [5.74, 6) is 1.56. The first-order valence-electron chi connectivity index (χ1n) is 16.2. The van der Waals surface area contributed by atoms with Gasteiger partial charge in [-0.1, -0.05) is 120 Å². The average Bonchev–Trinajstić information content (AvgIpc) is 3.09. The zero-order chi connectivity index (χ0) is 33.7. The second-order valence-corrected chi connectivity index (χ2v) is 9.76. The zero-order valence-electron chi connectivity index (χ0n) is 28.8. The summed E-state index contributed by atoms with van der Waals surface area (Å²) < 4.78 is 11.0. The molecule has 0 bridgehead atoms. The van der Waals surface area contributed by atoms with Crippen LogP contribution in [0.1, 0.15) is 59.1 Å². The highest BCUT2D eigenvalue weighted by Gasteiger charge is 2.06. The van der Waals surface area contributed by atoms with Gasteiger partial charge in [0.05, 0.1) is 0 Å². The number of rotatable bonds is 12. The Morgan fingerprint density at radius 1 is 0.511 bits per heavy atom. The van der Waals surface area contributed by atoms with E-state index >= 15 is 0 Å². The van der Waals surface area contributed by atoms with E-state index in [9.17, 15) is 10.2 Å². The number of benzene rings is 4. The minimum absolute atomic E-state index is 0.281. The van der Waals surface area contributed by atoms with E-state index in [0.717, 1.165) is 22.9 Å². The topological polar surface area (TPSA) is 83.0 Å². The first-order chi connectivity index (χ1) is 21.9. The van der Waals surface area contributed by atoms with Crippen molar-refractivity contribution in [3.8, 4) is 11.5 Å². The van der Waals surface area contributed by atoms with Crippen LogP contribution < -0.4 is 20.1 Å². The molecule has 2 atom stereocenters. The van der Waals surface area contributed by atoms with E-state index in [2.05, 4.69) is 24.5 Å². The Labute approximate surface area is 273 Å². The maximum absolute atomic E-state index is 9.84. The van der Waals surface area contributed by atoms with Crippen LogP contribution in [-0.4, -0.2) is 48.7 Å². The maximum Gasteiger partial charge on any atom is 0.119 e. The molecule has 4 rings (SSSR count). The lowest BCUT2D eigenvalue weighted by Gasteiger charge is -2.14. The van der Waals surface area contributed by atoms with Gasteiger partial charge >= 0.3 is 0 Å². The average molecular weight is 619 g/mol. The van der Waals surface area contributed by atoms with Crippen LogP contribution >= 0.6 is 0 Å². The SMILES string of the molecule is CC.CC.CCC.Cc1ccc(OCC(O)CNc2ccccc2)cc1.Cc1ccc(OCC(O)CNc2ccccc2)cc1. The third-order valence-corrected chi connectivity index (χ3v) is 5.56. The van der Waals surface area contributed by atoms with Crippen LogP contribution in [0.4, 0.5) is 11.4 Å². The predicted molar refractivity (Wildman–Crippen MR) is 194 cm³/mol. The summed E-state index contributed by atoms with van der Waals surface area (Å²) in [5.41, 5.74) is 4.38. The predicted octanol–water partition coefficient (Wildman–Crippen LogP) is 9.16. The monoisotopic (exact) mass is 618 g/mol. The molecule has 0 saturated carbocycles. The number of hydrogen-bond donors (Lipinski definition) is 4. The molecule has 45 heavy (non-hydrogen) atoms. The third-order valence-electron chi connectivity index (χ3n) is 5.56. The van der Waals surface area contributed by atoms with Crippen molar-refractivity contribution >= 4 is 11.4 Å². The number of ether oxygens (including phenoxy) is 2. The Kier molecular flexibility index (Phi) is 25.1. The van der Waals surface area contributed by atoms with E-state index in [1.54, 1.807) is 0 Å². The van der Waals surface area contributed by atoms with Gasteiger partial charge < -0.3 is 30.3 Å². The molecule has 6 heteroatoms. The first kappa shape index (κ1) is 41.0. The molecule has 248 valence electrons. The smallest absolute Gasteiger partial charge is 0.119 e. The fraction of sp³-hybridized carbons (Fsp3) is 0.385. The molecule has 0 aliphatic heterocycles. The Bertz CT molecular complexity index is 1080. The van der Waals surface area contributed by atoms with Crippen LogP contribution in [0, 0.1) is 13.8 Å². The summed E-state index contributed by atoms with van der Waals surface area (Å²) in [6.45, 7) is 17.8. The van der Waals surface area contributed by atoms with Crippen LogP contribution in [0.15, 0.2) is 109 Å². The molecule has 0 saturated heterocycles. The molecule has 0 aliphatic carbocycles. The molecule has 0 heterocycles. The Morgan fingerprint density at radius 3 is 1.09 bits per heavy atom. The molecule has 0 amide bonds. The molecular weight excluding hydrogens is 560 g/mol. The molecule has 0 radical (unpaired) electrons. The van der Waals surface area contributed by atoms with Gasteiger partial charge in [0.1, 0.15) is 36.9 Å².